The SMILES string of the molecule is CCOCCCNC(=S)N(CCCN1CCOCC1)Cc1cc2cc(OC)ccc2[nH]c1=O. The number of thiocarbonyl (C=S) groups is 1. The summed E-state index contributed by atoms with van der Waals surface area (Å²) in [7, 11) is 1.64. The molecule has 0 radical (unpaired) electrons. The molecule has 0 unspecified atom stereocenters. The van der Waals surface area contributed by atoms with E-state index in [0.717, 1.165) is 75.4 Å². The molecule has 182 valence electrons. The van der Waals surface area contributed by atoms with E-state index in [0.29, 0.717) is 30.4 Å². The Balaban J connectivity index is 1.68. The molecule has 1 saturated heterocycles. The van der Waals surface area contributed by atoms with Gasteiger partial charge in [-0.3, -0.25) is 9.69 Å². The fraction of sp³-hybridized carbons (Fsp3) is 0.583. The lowest BCUT2D eigenvalue weighted by atomic mass is 10.1. The second kappa shape index (κ2) is 13.5. The number of hydrogen-bond acceptors (Lipinski definition) is 6. The Morgan fingerprint density at radius 3 is 2.85 bits per heavy atom. The van der Waals surface area contributed by atoms with E-state index in [1.165, 1.54) is 0 Å². The third kappa shape index (κ3) is 7.96. The number of H-pyrrole nitrogens is 1. The Morgan fingerprint density at radius 1 is 1.27 bits per heavy atom. The van der Waals surface area contributed by atoms with Crippen LogP contribution in [0.1, 0.15) is 25.3 Å². The van der Waals surface area contributed by atoms with Gasteiger partial charge in [-0.05, 0) is 56.2 Å². The standard InChI is InChI=1S/C24H36N4O4S/c1-3-31-13-4-8-25-24(33)28(10-5-9-27-11-14-32-15-12-27)18-20-16-19-17-21(30-2)6-7-22(19)26-23(20)29/h6-7,16-17H,3-5,8-15,18H2,1-2H3,(H,25,33)(H,26,29). The van der Waals surface area contributed by atoms with Crippen molar-refractivity contribution < 1.29 is 14.2 Å². The lowest BCUT2D eigenvalue weighted by Crippen LogP contribution is -2.43. The zero-order valence-electron chi connectivity index (χ0n) is 19.7. The lowest BCUT2D eigenvalue weighted by molar-refractivity contribution is 0.0367. The first kappa shape index (κ1) is 25.4. The molecular weight excluding hydrogens is 440 g/mol. The largest absolute Gasteiger partial charge is 0.497 e. The molecule has 9 heteroatoms. The van der Waals surface area contributed by atoms with E-state index in [1.54, 1.807) is 7.11 Å². The van der Waals surface area contributed by atoms with Gasteiger partial charge in [0.05, 0.1) is 26.9 Å². The van der Waals surface area contributed by atoms with E-state index in [4.69, 9.17) is 26.4 Å². The van der Waals surface area contributed by atoms with Crippen LogP contribution < -0.4 is 15.6 Å². The molecule has 1 aromatic carbocycles. The average Bonchev–Trinajstić information content (AvgIpc) is 2.83. The van der Waals surface area contributed by atoms with Crippen LogP contribution in [0.3, 0.4) is 0 Å². The van der Waals surface area contributed by atoms with Crippen LogP contribution in [-0.2, 0) is 16.0 Å². The molecule has 2 N–H and O–H groups in total. The highest BCUT2D eigenvalue weighted by molar-refractivity contribution is 7.80. The third-order valence-corrected chi connectivity index (χ3v) is 6.13. The average molecular weight is 477 g/mol. The molecule has 0 bridgehead atoms. The van der Waals surface area contributed by atoms with Gasteiger partial charge in [-0.15, -0.1) is 0 Å². The number of ether oxygens (including phenoxy) is 3. The van der Waals surface area contributed by atoms with Crippen LogP contribution in [0.5, 0.6) is 5.75 Å². The molecule has 3 rings (SSSR count). The number of benzene rings is 1. The maximum absolute atomic E-state index is 12.8. The number of hydrogen-bond donors (Lipinski definition) is 2. The molecule has 0 saturated carbocycles. The van der Waals surface area contributed by atoms with E-state index in [2.05, 4.69) is 20.1 Å². The number of pyridine rings is 1. The first-order valence-electron chi connectivity index (χ1n) is 11.7. The van der Waals surface area contributed by atoms with Crippen molar-refractivity contribution in [3.8, 4) is 5.75 Å². The summed E-state index contributed by atoms with van der Waals surface area (Å²) in [6, 6.07) is 7.58. The Hall–Kier alpha value is -2.20. The summed E-state index contributed by atoms with van der Waals surface area (Å²) in [5.41, 5.74) is 1.38. The van der Waals surface area contributed by atoms with Crippen LogP contribution in [0.4, 0.5) is 0 Å². The fourth-order valence-electron chi connectivity index (χ4n) is 3.87. The normalized spacial score (nSPS) is 14.4. The Morgan fingerprint density at radius 2 is 2.09 bits per heavy atom. The molecule has 1 fully saturated rings. The van der Waals surface area contributed by atoms with E-state index >= 15 is 0 Å². The van der Waals surface area contributed by atoms with Crippen LogP contribution in [0.15, 0.2) is 29.1 Å². The summed E-state index contributed by atoms with van der Waals surface area (Å²) in [5, 5.41) is 4.94. The second-order valence-corrected chi connectivity index (χ2v) is 8.48. The van der Waals surface area contributed by atoms with E-state index < -0.39 is 0 Å². The minimum absolute atomic E-state index is 0.0926. The smallest absolute Gasteiger partial charge is 0.253 e. The molecule has 0 aliphatic carbocycles. The number of morpholine rings is 1. The molecule has 0 amide bonds. The van der Waals surface area contributed by atoms with Crippen molar-refractivity contribution >= 4 is 28.2 Å². The quantitative estimate of drug-likeness (QED) is 0.357. The van der Waals surface area contributed by atoms with Gasteiger partial charge in [-0.25, -0.2) is 0 Å². The number of nitrogens with one attached hydrogen (secondary N) is 2. The molecule has 0 spiro atoms. The highest BCUT2D eigenvalue weighted by atomic mass is 32.1. The number of fused-ring (bicyclic) bond motifs is 1. The number of rotatable bonds is 12. The highest BCUT2D eigenvalue weighted by Crippen LogP contribution is 2.19. The molecule has 33 heavy (non-hydrogen) atoms. The first-order chi connectivity index (χ1) is 16.1. The zero-order valence-corrected chi connectivity index (χ0v) is 20.5. The number of nitrogens with zero attached hydrogens (tertiary/aromatic N) is 2. The van der Waals surface area contributed by atoms with Crippen LogP contribution in [0.2, 0.25) is 0 Å². The van der Waals surface area contributed by atoms with E-state index in [-0.39, 0.29) is 5.56 Å². The topological polar surface area (TPSA) is 79.1 Å². The summed E-state index contributed by atoms with van der Waals surface area (Å²) >= 11 is 5.71. The maximum Gasteiger partial charge on any atom is 0.253 e. The van der Waals surface area contributed by atoms with Gasteiger partial charge in [0.2, 0.25) is 0 Å². The molecule has 8 nitrogen and oxygen atoms in total. The second-order valence-electron chi connectivity index (χ2n) is 8.09. The van der Waals surface area contributed by atoms with Gasteiger partial charge < -0.3 is 29.4 Å². The van der Waals surface area contributed by atoms with Gasteiger partial charge in [0, 0.05) is 62.4 Å². The maximum atomic E-state index is 12.8. The predicted molar refractivity (Wildman–Crippen MR) is 135 cm³/mol. The Labute approximate surface area is 201 Å². The van der Waals surface area contributed by atoms with Crippen molar-refractivity contribution in [2.24, 2.45) is 0 Å². The monoisotopic (exact) mass is 476 g/mol. The third-order valence-electron chi connectivity index (χ3n) is 5.73. The number of aromatic amines is 1. The minimum Gasteiger partial charge on any atom is -0.497 e. The van der Waals surface area contributed by atoms with E-state index in [9.17, 15) is 4.79 Å². The highest BCUT2D eigenvalue weighted by Gasteiger charge is 2.15. The molecular formula is C24H36N4O4S. The van der Waals surface area contributed by atoms with Crippen LogP contribution in [-0.4, -0.2) is 86.2 Å². The minimum atomic E-state index is -0.0926. The first-order valence-corrected chi connectivity index (χ1v) is 12.1. The molecule has 1 aromatic heterocycles. The lowest BCUT2D eigenvalue weighted by Gasteiger charge is -2.29. The van der Waals surface area contributed by atoms with Gasteiger partial charge in [0.1, 0.15) is 5.75 Å². The van der Waals surface area contributed by atoms with Crippen molar-refractivity contribution in [1.29, 1.82) is 0 Å². The van der Waals surface area contributed by atoms with Crippen molar-refractivity contribution in [3.63, 3.8) is 0 Å². The summed E-state index contributed by atoms with van der Waals surface area (Å²) in [6.07, 6.45) is 1.84. The molecule has 2 heterocycles. The van der Waals surface area contributed by atoms with Gasteiger partial charge in [-0.2, -0.15) is 0 Å². The summed E-state index contributed by atoms with van der Waals surface area (Å²) in [5.74, 6) is 0.759. The molecule has 0 atom stereocenters. The molecule has 1 aliphatic heterocycles. The fourth-order valence-corrected chi connectivity index (χ4v) is 4.13. The van der Waals surface area contributed by atoms with Crippen molar-refractivity contribution in [1.82, 2.24) is 20.1 Å². The molecule has 2 aromatic rings. The Kier molecular flexibility index (Phi) is 10.4. The Bertz CT molecular complexity index is 946. The van der Waals surface area contributed by atoms with Crippen molar-refractivity contribution in [3.05, 3.63) is 40.2 Å². The van der Waals surface area contributed by atoms with Crippen LogP contribution in [0.25, 0.3) is 10.9 Å². The van der Waals surface area contributed by atoms with Gasteiger partial charge in [0.15, 0.2) is 5.11 Å². The van der Waals surface area contributed by atoms with Crippen LogP contribution in [0, 0.1) is 0 Å². The number of aromatic nitrogens is 1. The predicted octanol–water partition coefficient (Wildman–Crippen LogP) is 2.36. The van der Waals surface area contributed by atoms with E-state index in [1.807, 2.05) is 31.2 Å². The summed E-state index contributed by atoms with van der Waals surface area (Å²) in [4.78, 5) is 20.3. The van der Waals surface area contributed by atoms with Gasteiger partial charge >= 0.3 is 0 Å². The summed E-state index contributed by atoms with van der Waals surface area (Å²) in [6.45, 7) is 9.86. The van der Waals surface area contributed by atoms with Gasteiger partial charge in [-0.1, -0.05) is 0 Å². The van der Waals surface area contributed by atoms with Crippen molar-refractivity contribution in [2.75, 3.05) is 66.3 Å². The van der Waals surface area contributed by atoms with Gasteiger partial charge in [0.25, 0.3) is 5.56 Å². The van der Waals surface area contributed by atoms with Crippen molar-refractivity contribution in [2.45, 2.75) is 26.3 Å². The van der Waals surface area contributed by atoms with Crippen LogP contribution >= 0.6 is 12.2 Å². The molecule has 1 aliphatic rings. The summed E-state index contributed by atoms with van der Waals surface area (Å²) < 4.78 is 16.2. The zero-order chi connectivity index (χ0) is 23.5. The number of methoxy groups -OCH3 is 1.